The maximum Gasteiger partial charge on any atom is 0.110 e. The molecular formula is C13H13BrN2S. The number of nitrogens with one attached hydrogen (secondary N) is 1. The van der Waals surface area contributed by atoms with Crippen molar-refractivity contribution < 1.29 is 0 Å². The van der Waals surface area contributed by atoms with Gasteiger partial charge in [0.1, 0.15) is 5.01 Å². The topological polar surface area (TPSA) is 24.9 Å². The van der Waals surface area contributed by atoms with Gasteiger partial charge in [0, 0.05) is 15.4 Å². The second-order valence-corrected chi connectivity index (χ2v) is 6.03. The molecule has 1 fully saturated rings. The largest absolute Gasteiger partial charge is 0.308 e. The summed E-state index contributed by atoms with van der Waals surface area (Å²) in [6.45, 7) is 1.12. The maximum absolute atomic E-state index is 4.73. The summed E-state index contributed by atoms with van der Waals surface area (Å²) in [6, 6.07) is 8.80. The van der Waals surface area contributed by atoms with Crippen LogP contribution in [0.2, 0.25) is 0 Å². The lowest BCUT2D eigenvalue weighted by Gasteiger charge is -2.04. The summed E-state index contributed by atoms with van der Waals surface area (Å²) in [5, 5.41) is 6.86. The number of thiazole rings is 1. The summed E-state index contributed by atoms with van der Waals surface area (Å²) in [6.07, 6.45) is 2.48. The molecule has 1 unspecified atom stereocenters. The summed E-state index contributed by atoms with van der Waals surface area (Å²) in [4.78, 5) is 4.73. The van der Waals surface area contributed by atoms with Crippen LogP contribution in [0.1, 0.15) is 23.9 Å². The first-order valence-electron chi connectivity index (χ1n) is 5.78. The van der Waals surface area contributed by atoms with E-state index in [9.17, 15) is 0 Å². The second kappa shape index (κ2) is 4.88. The molecule has 0 radical (unpaired) electrons. The quantitative estimate of drug-likeness (QED) is 0.907. The van der Waals surface area contributed by atoms with Gasteiger partial charge < -0.3 is 5.32 Å². The van der Waals surface area contributed by atoms with Crippen LogP contribution in [-0.2, 0) is 0 Å². The second-order valence-electron chi connectivity index (χ2n) is 4.23. The molecule has 0 amide bonds. The van der Waals surface area contributed by atoms with Crippen molar-refractivity contribution in [2.45, 2.75) is 18.9 Å². The van der Waals surface area contributed by atoms with Crippen LogP contribution in [0, 0.1) is 0 Å². The lowest BCUT2D eigenvalue weighted by Crippen LogP contribution is -2.12. The van der Waals surface area contributed by atoms with Gasteiger partial charge in [-0.15, -0.1) is 11.3 Å². The molecule has 2 heterocycles. The highest BCUT2D eigenvalue weighted by molar-refractivity contribution is 9.10. The van der Waals surface area contributed by atoms with Crippen molar-refractivity contribution in [2.24, 2.45) is 0 Å². The number of halogens is 1. The van der Waals surface area contributed by atoms with Gasteiger partial charge >= 0.3 is 0 Å². The van der Waals surface area contributed by atoms with E-state index in [1.165, 1.54) is 23.4 Å². The Balaban J connectivity index is 1.86. The van der Waals surface area contributed by atoms with Crippen molar-refractivity contribution in [2.75, 3.05) is 6.54 Å². The Morgan fingerprint density at radius 3 is 2.82 bits per heavy atom. The van der Waals surface area contributed by atoms with Gasteiger partial charge in [-0.05, 0) is 31.5 Å². The number of nitrogens with zero attached hydrogens (tertiary/aromatic N) is 1. The number of hydrogen-bond donors (Lipinski definition) is 1. The van der Waals surface area contributed by atoms with Gasteiger partial charge in [-0.1, -0.05) is 28.1 Å². The van der Waals surface area contributed by atoms with E-state index in [0.29, 0.717) is 6.04 Å². The van der Waals surface area contributed by atoms with Crippen molar-refractivity contribution in [3.63, 3.8) is 0 Å². The molecule has 1 aliphatic rings. The van der Waals surface area contributed by atoms with Crippen LogP contribution in [0.3, 0.4) is 0 Å². The van der Waals surface area contributed by atoms with Crippen molar-refractivity contribution >= 4 is 27.3 Å². The van der Waals surface area contributed by atoms with Gasteiger partial charge in [0.25, 0.3) is 0 Å². The highest BCUT2D eigenvalue weighted by Gasteiger charge is 2.19. The lowest BCUT2D eigenvalue weighted by molar-refractivity contribution is 0.643. The van der Waals surface area contributed by atoms with Gasteiger partial charge in [0.15, 0.2) is 0 Å². The Bertz CT molecular complexity index is 500. The average Bonchev–Trinajstić information content (AvgIpc) is 3.00. The van der Waals surface area contributed by atoms with Crippen LogP contribution in [0.4, 0.5) is 0 Å². The van der Waals surface area contributed by atoms with E-state index in [2.05, 4.69) is 50.9 Å². The third-order valence-corrected chi connectivity index (χ3v) is 4.51. The van der Waals surface area contributed by atoms with Gasteiger partial charge in [-0.2, -0.15) is 0 Å². The van der Waals surface area contributed by atoms with Crippen molar-refractivity contribution in [3.05, 3.63) is 39.1 Å². The molecule has 1 aromatic heterocycles. The highest BCUT2D eigenvalue weighted by atomic mass is 79.9. The first kappa shape index (κ1) is 11.4. The molecule has 1 N–H and O–H groups in total. The fraction of sp³-hybridized carbons (Fsp3) is 0.308. The minimum Gasteiger partial charge on any atom is -0.308 e. The fourth-order valence-corrected chi connectivity index (χ4v) is 3.30. The average molecular weight is 309 g/mol. The minimum atomic E-state index is 0.476. The normalized spacial score (nSPS) is 19.7. The van der Waals surface area contributed by atoms with E-state index in [1.807, 2.05) is 0 Å². The Morgan fingerprint density at radius 1 is 1.29 bits per heavy atom. The molecule has 2 aromatic rings. The van der Waals surface area contributed by atoms with E-state index in [4.69, 9.17) is 4.98 Å². The van der Waals surface area contributed by atoms with Crippen LogP contribution in [0.15, 0.2) is 34.1 Å². The molecule has 88 valence electrons. The summed E-state index contributed by atoms with van der Waals surface area (Å²) < 4.78 is 1.11. The zero-order valence-electron chi connectivity index (χ0n) is 9.32. The van der Waals surface area contributed by atoms with Crippen LogP contribution < -0.4 is 5.32 Å². The third-order valence-electron chi connectivity index (χ3n) is 3.02. The van der Waals surface area contributed by atoms with E-state index < -0.39 is 0 Å². The number of rotatable bonds is 2. The van der Waals surface area contributed by atoms with Crippen molar-refractivity contribution in [1.82, 2.24) is 10.3 Å². The SMILES string of the molecule is Brc1ccc(-c2csc(C3CCCN3)n2)cc1. The molecule has 1 atom stereocenters. The molecule has 17 heavy (non-hydrogen) atoms. The van der Waals surface area contributed by atoms with E-state index >= 15 is 0 Å². The molecule has 3 rings (SSSR count). The first-order valence-corrected chi connectivity index (χ1v) is 7.45. The lowest BCUT2D eigenvalue weighted by atomic mass is 10.2. The minimum absolute atomic E-state index is 0.476. The Kier molecular flexibility index (Phi) is 3.27. The van der Waals surface area contributed by atoms with Gasteiger partial charge in [-0.3, -0.25) is 0 Å². The molecule has 1 aliphatic heterocycles. The molecule has 1 aromatic carbocycles. The van der Waals surface area contributed by atoms with Crippen molar-refractivity contribution in [1.29, 1.82) is 0 Å². The number of benzene rings is 1. The Labute approximate surface area is 113 Å². The molecule has 0 spiro atoms. The van der Waals surface area contributed by atoms with Gasteiger partial charge in [0.2, 0.25) is 0 Å². The fourth-order valence-electron chi connectivity index (χ4n) is 2.10. The van der Waals surface area contributed by atoms with Gasteiger partial charge in [-0.25, -0.2) is 4.98 Å². The van der Waals surface area contributed by atoms with Crippen LogP contribution >= 0.6 is 27.3 Å². The maximum atomic E-state index is 4.73. The Hall–Kier alpha value is -0.710. The number of aromatic nitrogens is 1. The molecule has 4 heteroatoms. The molecule has 2 nitrogen and oxygen atoms in total. The Morgan fingerprint density at radius 2 is 2.12 bits per heavy atom. The summed E-state index contributed by atoms with van der Waals surface area (Å²) in [5.41, 5.74) is 2.28. The highest BCUT2D eigenvalue weighted by Crippen LogP contribution is 2.30. The molecule has 0 aliphatic carbocycles. The monoisotopic (exact) mass is 308 g/mol. The predicted molar refractivity (Wildman–Crippen MR) is 75.2 cm³/mol. The smallest absolute Gasteiger partial charge is 0.110 e. The molecule has 0 bridgehead atoms. The van der Waals surface area contributed by atoms with E-state index in [1.54, 1.807) is 11.3 Å². The van der Waals surface area contributed by atoms with Gasteiger partial charge in [0.05, 0.1) is 11.7 Å². The third kappa shape index (κ3) is 2.44. The summed E-state index contributed by atoms with van der Waals surface area (Å²) in [5.74, 6) is 0. The molecule has 0 saturated carbocycles. The predicted octanol–water partition coefficient (Wildman–Crippen LogP) is 4.00. The summed E-state index contributed by atoms with van der Waals surface area (Å²) in [7, 11) is 0. The molecular weight excluding hydrogens is 296 g/mol. The zero-order valence-corrected chi connectivity index (χ0v) is 11.7. The standard InChI is InChI=1S/C13H13BrN2S/c14-10-5-3-9(4-6-10)12-8-17-13(16-12)11-2-1-7-15-11/h3-6,8,11,15H,1-2,7H2. The van der Waals surface area contributed by atoms with Crippen LogP contribution in [0.5, 0.6) is 0 Å². The number of hydrogen-bond acceptors (Lipinski definition) is 3. The summed E-state index contributed by atoms with van der Waals surface area (Å²) >= 11 is 5.21. The van der Waals surface area contributed by atoms with Crippen molar-refractivity contribution in [3.8, 4) is 11.3 Å². The van der Waals surface area contributed by atoms with E-state index in [-0.39, 0.29) is 0 Å². The van der Waals surface area contributed by atoms with Crippen LogP contribution in [0.25, 0.3) is 11.3 Å². The zero-order chi connectivity index (χ0) is 11.7. The molecule has 1 saturated heterocycles. The van der Waals surface area contributed by atoms with Crippen LogP contribution in [-0.4, -0.2) is 11.5 Å². The van der Waals surface area contributed by atoms with E-state index in [0.717, 1.165) is 16.7 Å². The first-order chi connectivity index (χ1) is 8.33.